The van der Waals surface area contributed by atoms with Crippen LogP contribution in [0.2, 0.25) is 0 Å². The number of nitrogens with zero attached hydrogens (tertiary/aromatic N) is 4. The molecule has 3 N–H and O–H groups in total. The van der Waals surface area contributed by atoms with E-state index in [-0.39, 0.29) is 43.1 Å². The van der Waals surface area contributed by atoms with Crippen LogP contribution < -0.4 is 4.90 Å². The molecule has 13 nitrogen and oxygen atoms in total. The van der Waals surface area contributed by atoms with E-state index in [0.717, 1.165) is 0 Å². The van der Waals surface area contributed by atoms with Gasteiger partial charge >= 0.3 is 0 Å². The lowest BCUT2D eigenvalue weighted by molar-refractivity contribution is -0.384. The predicted molar refractivity (Wildman–Crippen MR) is 120 cm³/mol. The van der Waals surface area contributed by atoms with Crippen molar-refractivity contribution in [3.63, 3.8) is 0 Å². The van der Waals surface area contributed by atoms with Crippen LogP contribution in [0, 0.1) is 10.1 Å². The molecule has 0 aliphatic heterocycles. The molecular formula is C18H22N4O9S2. The molecule has 0 saturated carbocycles. The van der Waals surface area contributed by atoms with Crippen LogP contribution in [0.3, 0.4) is 0 Å². The smallest absolute Gasteiger partial charge is 0.269 e. The summed E-state index contributed by atoms with van der Waals surface area (Å²) in [4.78, 5) is 11.7. The molecule has 33 heavy (non-hydrogen) atoms. The second-order valence-corrected chi connectivity index (χ2v) is 10.1. The Morgan fingerprint density at radius 3 is 1.88 bits per heavy atom. The predicted octanol–water partition coefficient (Wildman–Crippen LogP) is 3.08. The lowest BCUT2D eigenvalue weighted by atomic mass is 10.2. The summed E-state index contributed by atoms with van der Waals surface area (Å²) in [7, 11) is -8.36. The molecule has 0 heterocycles. The first-order valence-corrected chi connectivity index (χ1v) is 12.7. The fourth-order valence-electron chi connectivity index (χ4n) is 2.79. The highest BCUT2D eigenvalue weighted by atomic mass is 32.2. The van der Waals surface area contributed by atoms with Crippen LogP contribution in [0.4, 0.5) is 22.7 Å². The van der Waals surface area contributed by atoms with Gasteiger partial charge in [-0.05, 0) is 37.1 Å². The Morgan fingerprint density at radius 1 is 0.879 bits per heavy atom. The Hall–Kier alpha value is -3.14. The molecule has 0 amide bonds. The molecule has 2 aromatic rings. The fourth-order valence-corrected chi connectivity index (χ4v) is 3.78. The Labute approximate surface area is 190 Å². The van der Waals surface area contributed by atoms with E-state index in [1.54, 1.807) is 11.0 Å². The van der Waals surface area contributed by atoms with Crippen molar-refractivity contribution >= 4 is 43.0 Å². The number of rotatable bonds is 12. The molecule has 0 spiro atoms. The van der Waals surface area contributed by atoms with Gasteiger partial charge in [-0.2, -0.15) is 21.9 Å². The second kappa shape index (κ2) is 11.1. The lowest BCUT2D eigenvalue weighted by Crippen LogP contribution is -2.28. The van der Waals surface area contributed by atoms with Gasteiger partial charge in [0.25, 0.3) is 25.9 Å². The zero-order valence-electron chi connectivity index (χ0n) is 17.2. The third kappa shape index (κ3) is 9.48. The maximum atomic E-state index is 11.0. The first-order chi connectivity index (χ1) is 15.3. The van der Waals surface area contributed by atoms with Crippen molar-refractivity contribution in [3.05, 3.63) is 52.6 Å². The van der Waals surface area contributed by atoms with Gasteiger partial charge in [-0.15, -0.1) is 5.11 Å². The van der Waals surface area contributed by atoms with E-state index < -0.39 is 36.7 Å². The zero-order chi connectivity index (χ0) is 24.6. The third-order valence-corrected chi connectivity index (χ3v) is 5.93. The lowest BCUT2D eigenvalue weighted by Gasteiger charge is -2.25. The van der Waals surface area contributed by atoms with Gasteiger partial charge < -0.3 is 10.0 Å². The Morgan fingerprint density at radius 2 is 1.42 bits per heavy atom. The maximum absolute atomic E-state index is 11.0. The van der Waals surface area contributed by atoms with E-state index in [2.05, 4.69) is 10.2 Å². The van der Waals surface area contributed by atoms with Gasteiger partial charge in [0.05, 0.1) is 22.1 Å². The number of hydrogen-bond donors (Lipinski definition) is 3. The van der Waals surface area contributed by atoms with Crippen LogP contribution >= 0.6 is 0 Å². The molecule has 15 heteroatoms. The number of phenolic OH excluding ortho intramolecular Hbond substituents is 1. The van der Waals surface area contributed by atoms with Crippen molar-refractivity contribution in [2.24, 2.45) is 10.2 Å². The molecular weight excluding hydrogens is 480 g/mol. The summed E-state index contributed by atoms with van der Waals surface area (Å²) in [6.45, 7) is 0.239. The van der Waals surface area contributed by atoms with E-state index in [1.165, 1.54) is 36.4 Å². The van der Waals surface area contributed by atoms with Crippen molar-refractivity contribution in [2.45, 2.75) is 12.8 Å². The first-order valence-electron chi connectivity index (χ1n) is 9.48. The molecule has 0 aliphatic carbocycles. The number of aromatic hydroxyl groups is 1. The minimum Gasteiger partial charge on any atom is -0.506 e. The van der Waals surface area contributed by atoms with Crippen LogP contribution in [0.25, 0.3) is 0 Å². The number of nitro benzene ring substituents is 1. The third-order valence-electron chi connectivity index (χ3n) is 4.32. The molecule has 0 bridgehead atoms. The molecule has 0 aromatic heterocycles. The van der Waals surface area contributed by atoms with Gasteiger partial charge in [0.15, 0.2) is 0 Å². The molecule has 0 atom stereocenters. The number of phenols is 1. The molecule has 0 aliphatic rings. The highest BCUT2D eigenvalue weighted by Gasteiger charge is 2.14. The minimum absolute atomic E-state index is 0.0348. The van der Waals surface area contributed by atoms with E-state index in [4.69, 9.17) is 9.11 Å². The summed E-state index contributed by atoms with van der Waals surface area (Å²) in [5, 5.41) is 28.8. The molecule has 2 aromatic carbocycles. The van der Waals surface area contributed by atoms with Crippen LogP contribution in [0.1, 0.15) is 12.8 Å². The summed E-state index contributed by atoms with van der Waals surface area (Å²) in [6, 6.07) is 9.59. The zero-order valence-corrected chi connectivity index (χ0v) is 18.8. The average Bonchev–Trinajstić information content (AvgIpc) is 2.70. The van der Waals surface area contributed by atoms with E-state index in [0.29, 0.717) is 11.4 Å². The Bertz CT molecular complexity index is 1180. The van der Waals surface area contributed by atoms with Crippen molar-refractivity contribution in [1.82, 2.24) is 0 Å². The molecule has 2 rings (SSSR count). The molecule has 0 saturated heterocycles. The summed E-state index contributed by atoms with van der Waals surface area (Å²) in [6.07, 6.45) is 0.0696. The summed E-state index contributed by atoms with van der Waals surface area (Å²) >= 11 is 0. The normalized spacial score (nSPS) is 12.2. The van der Waals surface area contributed by atoms with Gasteiger partial charge in [0.1, 0.15) is 11.4 Å². The molecule has 0 fully saturated rings. The van der Waals surface area contributed by atoms with E-state index in [9.17, 15) is 32.1 Å². The number of anilines is 1. The Kier molecular flexibility index (Phi) is 8.81. The highest BCUT2D eigenvalue weighted by molar-refractivity contribution is 7.86. The van der Waals surface area contributed by atoms with Gasteiger partial charge in [0.2, 0.25) is 0 Å². The molecule has 180 valence electrons. The summed E-state index contributed by atoms with van der Waals surface area (Å²) in [5.41, 5.74) is 0.728. The highest BCUT2D eigenvalue weighted by Crippen LogP contribution is 2.32. The van der Waals surface area contributed by atoms with Crippen LogP contribution in [-0.4, -0.2) is 60.6 Å². The van der Waals surface area contributed by atoms with Crippen LogP contribution in [0.15, 0.2) is 52.7 Å². The van der Waals surface area contributed by atoms with Crippen LogP contribution in [-0.2, 0) is 20.2 Å². The fraction of sp³-hybridized carbons (Fsp3) is 0.333. The van der Waals surface area contributed by atoms with Crippen molar-refractivity contribution < 1.29 is 36.0 Å². The summed E-state index contributed by atoms with van der Waals surface area (Å²) < 4.78 is 61.7. The monoisotopic (exact) mass is 502 g/mol. The number of hydrogen-bond acceptors (Lipinski definition) is 10. The van der Waals surface area contributed by atoms with Gasteiger partial charge in [-0.3, -0.25) is 19.2 Å². The van der Waals surface area contributed by atoms with E-state index in [1.807, 2.05) is 0 Å². The SMILES string of the molecule is O=[N+]([O-])c1ccc(N=Nc2ccc(N(CCCS(=O)(=O)O)CCCS(=O)(=O)O)cc2O)cc1. The number of azo groups is 1. The largest absolute Gasteiger partial charge is 0.506 e. The van der Waals surface area contributed by atoms with Crippen LogP contribution in [0.5, 0.6) is 5.75 Å². The van der Waals surface area contributed by atoms with Gasteiger partial charge in [-0.1, -0.05) is 0 Å². The van der Waals surface area contributed by atoms with Gasteiger partial charge in [-0.25, -0.2) is 0 Å². The van der Waals surface area contributed by atoms with Crippen molar-refractivity contribution in [2.75, 3.05) is 29.5 Å². The minimum atomic E-state index is -4.18. The number of benzene rings is 2. The standard InChI is InChI=1S/C18H22N4O9S2/c23-18-13-16(21(9-1-11-32(26,27)28)10-2-12-33(29,30)31)7-8-17(18)20-19-14-3-5-15(6-4-14)22(24)25/h3-8,13,23H,1-2,9-12H2,(H,26,27,28)(H,29,30,31). The second-order valence-electron chi connectivity index (χ2n) is 6.91. The average molecular weight is 503 g/mol. The summed E-state index contributed by atoms with van der Waals surface area (Å²) in [5.74, 6) is -1.28. The molecule has 0 radical (unpaired) electrons. The first kappa shape index (κ1) is 26.1. The van der Waals surface area contributed by atoms with Crippen molar-refractivity contribution in [3.8, 4) is 5.75 Å². The number of non-ortho nitro benzene ring substituents is 1. The quantitative estimate of drug-likeness (QED) is 0.168. The Balaban J connectivity index is 2.16. The number of nitro groups is 1. The van der Waals surface area contributed by atoms with Crippen molar-refractivity contribution in [1.29, 1.82) is 0 Å². The van der Waals surface area contributed by atoms with Gasteiger partial charge in [0, 0.05) is 37.0 Å². The maximum Gasteiger partial charge on any atom is 0.269 e. The van der Waals surface area contributed by atoms with E-state index >= 15 is 0 Å². The topological polar surface area (TPSA) is 200 Å². The molecule has 0 unspecified atom stereocenters.